The molecule has 2 N–H and O–H groups in total. The highest BCUT2D eigenvalue weighted by Crippen LogP contribution is 2.54. The zero-order valence-corrected chi connectivity index (χ0v) is 11.9. The minimum atomic E-state index is -6.16. The standard InChI is InChI=1S/C14H16F7N/c1-3-8(2)6-9-4-5-10(11(22)7-9)12(15,13(16,17)18)14(19,20)21/h4-5,7-8H,3,6,22H2,1-2H3. The van der Waals surface area contributed by atoms with E-state index in [1.807, 2.05) is 13.8 Å². The highest BCUT2D eigenvalue weighted by atomic mass is 19.4. The molecule has 0 saturated heterocycles. The maximum Gasteiger partial charge on any atom is 0.436 e. The van der Waals surface area contributed by atoms with Crippen molar-refractivity contribution < 1.29 is 30.7 Å². The van der Waals surface area contributed by atoms with Gasteiger partial charge in [-0.15, -0.1) is 0 Å². The summed E-state index contributed by atoms with van der Waals surface area (Å²) in [6.45, 7) is 3.76. The minimum absolute atomic E-state index is 0.172. The van der Waals surface area contributed by atoms with Gasteiger partial charge in [-0.2, -0.15) is 26.3 Å². The summed E-state index contributed by atoms with van der Waals surface area (Å²) in [6.07, 6.45) is -11.1. The van der Waals surface area contributed by atoms with E-state index in [0.717, 1.165) is 18.6 Å². The summed E-state index contributed by atoms with van der Waals surface area (Å²) in [4.78, 5) is 0. The van der Waals surface area contributed by atoms with Crippen LogP contribution < -0.4 is 5.73 Å². The second-order valence-electron chi connectivity index (χ2n) is 5.29. The Morgan fingerprint density at radius 2 is 1.50 bits per heavy atom. The number of nitrogen functional groups attached to an aromatic ring is 1. The highest BCUT2D eigenvalue weighted by Gasteiger charge is 2.74. The Hall–Kier alpha value is -1.47. The van der Waals surface area contributed by atoms with Crippen molar-refractivity contribution in [3.63, 3.8) is 0 Å². The number of hydrogen-bond acceptors (Lipinski definition) is 1. The Kier molecular flexibility index (Phi) is 5.04. The number of halogens is 7. The minimum Gasteiger partial charge on any atom is -0.398 e. The van der Waals surface area contributed by atoms with E-state index in [1.165, 1.54) is 0 Å². The molecule has 0 aliphatic carbocycles. The van der Waals surface area contributed by atoms with Crippen molar-refractivity contribution >= 4 is 5.69 Å². The number of alkyl halides is 7. The molecule has 0 radical (unpaired) electrons. The van der Waals surface area contributed by atoms with E-state index in [0.29, 0.717) is 18.1 Å². The lowest BCUT2D eigenvalue weighted by molar-refractivity contribution is -0.348. The molecule has 22 heavy (non-hydrogen) atoms. The third-order valence-corrected chi connectivity index (χ3v) is 3.55. The van der Waals surface area contributed by atoms with Crippen molar-refractivity contribution in [2.75, 3.05) is 5.73 Å². The Bertz CT molecular complexity index is 505. The summed E-state index contributed by atoms with van der Waals surface area (Å²) in [5, 5.41) is 0. The molecule has 0 amide bonds. The zero-order chi connectivity index (χ0) is 17.3. The van der Waals surface area contributed by atoms with E-state index in [9.17, 15) is 30.7 Å². The van der Waals surface area contributed by atoms with Crippen LogP contribution in [0.25, 0.3) is 0 Å². The Morgan fingerprint density at radius 3 is 1.86 bits per heavy atom. The Balaban J connectivity index is 3.35. The van der Waals surface area contributed by atoms with Crippen molar-refractivity contribution in [1.82, 2.24) is 0 Å². The van der Waals surface area contributed by atoms with Crippen molar-refractivity contribution in [3.8, 4) is 0 Å². The molecule has 0 spiro atoms. The van der Waals surface area contributed by atoms with E-state index < -0.39 is 29.3 Å². The van der Waals surface area contributed by atoms with Crippen LogP contribution in [0, 0.1) is 5.92 Å². The maximum absolute atomic E-state index is 13.9. The SMILES string of the molecule is CCC(C)Cc1ccc(C(F)(C(F)(F)F)C(F)(F)F)c(N)c1. The number of anilines is 1. The summed E-state index contributed by atoms with van der Waals surface area (Å²) in [5.74, 6) is 0.172. The molecule has 0 fully saturated rings. The summed E-state index contributed by atoms with van der Waals surface area (Å²) >= 11 is 0. The third kappa shape index (κ3) is 3.30. The van der Waals surface area contributed by atoms with Crippen LogP contribution in [0.5, 0.6) is 0 Å². The van der Waals surface area contributed by atoms with Crippen LogP contribution in [0.15, 0.2) is 18.2 Å². The van der Waals surface area contributed by atoms with Gasteiger partial charge in [-0.1, -0.05) is 32.4 Å². The van der Waals surface area contributed by atoms with Crippen LogP contribution in [-0.2, 0) is 12.1 Å². The van der Waals surface area contributed by atoms with Gasteiger partial charge in [-0.05, 0) is 24.0 Å². The lowest BCUT2D eigenvalue weighted by Crippen LogP contribution is -2.50. The van der Waals surface area contributed by atoms with E-state index in [-0.39, 0.29) is 5.92 Å². The average Bonchev–Trinajstić information content (AvgIpc) is 2.35. The third-order valence-electron chi connectivity index (χ3n) is 3.55. The van der Waals surface area contributed by atoms with Gasteiger partial charge in [0.05, 0.1) is 0 Å². The molecule has 1 aromatic rings. The number of benzene rings is 1. The molecule has 0 aliphatic rings. The lowest BCUT2D eigenvalue weighted by atomic mass is 9.90. The Labute approximate surface area is 123 Å². The van der Waals surface area contributed by atoms with Crippen LogP contribution >= 0.6 is 0 Å². The number of nitrogens with two attached hydrogens (primary N) is 1. The van der Waals surface area contributed by atoms with Gasteiger partial charge in [-0.25, -0.2) is 4.39 Å². The normalized spacial score (nSPS) is 15.0. The molecule has 0 saturated carbocycles. The summed E-state index contributed by atoms with van der Waals surface area (Å²) in [5.41, 5.74) is -2.24. The van der Waals surface area contributed by atoms with Crippen molar-refractivity contribution in [1.29, 1.82) is 0 Å². The first-order valence-corrected chi connectivity index (χ1v) is 6.55. The van der Waals surface area contributed by atoms with Gasteiger partial charge in [0.15, 0.2) is 0 Å². The first-order valence-electron chi connectivity index (χ1n) is 6.55. The first-order chi connectivity index (χ1) is 9.84. The monoisotopic (exact) mass is 331 g/mol. The smallest absolute Gasteiger partial charge is 0.398 e. The molecule has 0 aliphatic heterocycles. The second-order valence-corrected chi connectivity index (χ2v) is 5.29. The number of hydrogen-bond donors (Lipinski definition) is 1. The molecule has 8 heteroatoms. The topological polar surface area (TPSA) is 26.0 Å². The molecule has 1 unspecified atom stereocenters. The molecule has 1 rings (SSSR count). The fourth-order valence-corrected chi connectivity index (χ4v) is 2.07. The van der Waals surface area contributed by atoms with Gasteiger partial charge in [0, 0.05) is 11.3 Å². The van der Waals surface area contributed by atoms with E-state index >= 15 is 0 Å². The molecule has 0 heterocycles. The van der Waals surface area contributed by atoms with E-state index in [1.54, 1.807) is 0 Å². The highest BCUT2D eigenvalue weighted by molar-refractivity contribution is 5.53. The fraction of sp³-hybridized carbons (Fsp3) is 0.571. The van der Waals surface area contributed by atoms with Crippen LogP contribution in [0.2, 0.25) is 0 Å². The summed E-state index contributed by atoms with van der Waals surface area (Å²) in [7, 11) is 0. The fourth-order valence-electron chi connectivity index (χ4n) is 2.07. The molecule has 1 nitrogen and oxygen atoms in total. The second kappa shape index (κ2) is 5.96. The van der Waals surface area contributed by atoms with Gasteiger partial charge in [0.2, 0.25) is 0 Å². The summed E-state index contributed by atoms with van der Waals surface area (Å²) < 4.78 is 90.0. The predicted octanol–water partition coefficient (Wildman–Crippen LogP) is 5.15. The van der Waals surface area contributed by atoms with Gasteiger partial charge < -0.3 is 5.73 Å². The molecule has 1 atom stereocenters. The quantitative estimate of drug-likeness (QED) is 0.599. The Morgan fingerprint density at radius 1 is 1.00 bits per heavy atom. The molecule has 1 aromatic carbocycles. The average molecular weight is 331 g/mol. The van der Waals surface area contributed by atoms with Gasteiger partial charge in [0.1, 0.15) is 0 Å². The van der Waals surface area contributed by atoms with Crippen LogP contribution in [-0.4, -0.2) is 12.4 Å². The lowest BCUT2D eigenvalue weighted by Gasteiger charge is -2.31. The predicted molar refractivity (Wildman–Crippen MR) is 68.9 cm³/mol. The van der Waals surface area contributed by atoms with Gasteiger partial charge in [-0.3, -0.25) is 0 Å². The summed E-state index contributed by atoms with van der Waals surface area (Å²) in [6, 6.07) is 2.48. The molecule has 0 aromatic heterocycles. The number of rotatable bonds is 4. The van der Waals surface area contributed by atoms with Crippen LogP contribution in [0.4, 0.5) is 36.4 Å². The zero-order valence-electron chi connectivity index (χ0n) is 11.9. The van der Waals surface area contributed by atoms with Crippen LogP contribution in [0.1, 0.15) is 31.4 Å². The first kappa shape index (κ1) is 18.6. The van der Waals surface area contributed by atoms with Gasteiger partial charge in [0.25, 0.3) is 0 Å². The van der Waals surface area contributed by atoms with Gasteiger partial charge >= 0.3 is 18.0 Å². The van der Waals surface area contributed by atoms with Crippen molar-refractivity contribution in [3.05, 3.63) is 29.3 Å². The molecular formula is C14H16F7N. The molecule has 0 bridgehead atoms. The van der Waals surface area contributed by atoms with E-state index in [4.69, 9.17) is 5.73 Å². The van der Waals surface area contributed by atoms with Crippen molar-refractivity contribution in [2.24, 2.45) is 5.92 Å². The largest absolute Gasteiger partial charge is 0.436 e. The molecular weight excluding hydrogens is 315 g/mol. The van der Waals surface area contributed by atoms with Crippen molar-refractivity contribution in [2.45, 2.75) is 44.7 Å². The van der Waals surface area contributed by atoms with Crippen LogP contribution in [0.3, 0.4) is 0 Å². The van der Waals surface area contributed by atoms with E-state index in [2.05, 4.69) is 0 Å². The molecule has 126 valence electrons. The maximum atomic E-state index is 13.9.